The first kappa shape index (κ1) is 11.3. The number of rotatable bonds is 3. The smallest absolute Gasteiger partial charge is 0.253 e. The van der Waals surface area contributed by atoms with Crippen molar-refractivity contribution >= 4 is 17.6 Å². The molecule has 7 heteroatoms. The summed E-state index contributed by atoms with van der Waals surface area (Å²) < 4.78 is 0. The van der Waals surface area contributed by atoms with Crippen LogP contribution in [0.15, 0.2) is 24.4 Å². The van der Waals surface area contributed by atoms with E-state index in [9.17, 15) is 14.7 Å². The van der Waals surface area contributed by atoms with Gasteiger partial charge in [0.15, 0.2) is 0 Å². The molecule has 1 aromatic heterocycles. The normalized spacial score (nSPS) is 23.0. The fourth-order valence-electron chi connectivity index (χ4n) is 1.54. The van der Waals surface area contributed by atoms with Gasteiger partial charge in [0.2, 0.25) is 5.91 Å². The molecule has 4 N–H and O–H groups in total. The van der Waals surface area contributed by atoms with Crippen LogP contribution in [0.1, 0.15) is 0 Å². The molecule has 1 aromatic rings. The zero-order valence-corrected chi connectivity index (χ0v) is 8.88. The van der Waals surface area contributed by atoms with Crippen LogP contribution in [0.5, 0.6) is 0 Å². The number of β-amino-alcohol motifs (C(OH)–C–C–N with tert-alkyl or cyclic N) is 1. The average Bonchev–Trinajstić information content (AvgIpc) is 2.67. The summed E-state index contributed by atoms with van der Waals surface area (Å²) >= 11 is 0. The second-order valence-electron chi connectivity index (χ2n) is 3.62. The number of hydrogen-bond donors (Lipinski definition) is 4. The maximum Gasteiger partial charge on any atom is 0.253 e. The van der Waals surface area contributed by atoms with Crippen molar-refractivity contribution in [1.82, 2.24) is 15.7 Å². The third kappa shape index (κ3) is 2.51. The summed E-state index contributed by atoms with van der Waals surface area (Å²) in [6.07, 6.45) is 0.569. The Balaban J connectivity index is 1.91. The highest BCUT2D eigenvalue weighted by Gasteiger charge is 2.39. The standard InChI is InChI=1S/C10H12N4O3/c15-6-5-12-9(16)8(6)10(17)14-13-7-3-1-2-4-11-7/h1-4,6,8,15H,5H2,(H,11,13)(H,12,16)(H,14,17). The lowest BCUT2D eigenvalue weighted by Crippen LogP contribution is -2.42. The van der Waals surface area contributed by atoms with Gasteiger partial charge in [0, 0.05) is 12.7 Å². The van der Waals surface area contributed by atoms with Gasteiger partial charge in [0.1, 0.15) is 11.7 Å². The molecule has 0 spiro atoms. The minimum Gasteiger partial charge on any atom is -0.390 e. The lowest BCUT2D eigenvalue weighted by molar-refractivity contribution is -0.135. The van der Waals surface area contributed by atoms with E-state index in [1.54, 1.807) is 24.4 Å². The van der Waals surface area contributed by atoms with Gasteiger partial charge in [-0.1, -0.05) is 6.07 Å². The van der Waals surface area contributed by atoms with E-state index >= 15 is 0 Å². The summed E-state index contributed by atoms with van der Waals surface area (Å²) in [5.41, 5.74) is 4.89. The lowest BCUT2D eigenvalue weighted by Gasteiger charge is -2.12. The van der Waals surface area contributed by atoms with Crippen molar-refractivity contribution < 1.29 is 14.7 Å². The predicted octanol–water partition coefficient (Wildman–Crippen LogP) is -1.37. The second kappa shape index (κ2) is 4.79. The molecular formula is C10H12N4O3. The van der Waals surface area contributed by atoms with Crippen molar-refractivity contribution in [3.63, 3.8) is 0 Å². The monoisotopic (exact) mass is 236 g/mol. The molecule has 2 heterocycles. The zero-order valence-electron chi connectivity index (χ0n) is 8.88. The van der Waals surface area contributed by atoms with Crippen LogP contribution in [0.25, 0.3) is 0 Å². The number of aromatic nitrogens is 1. The molecule has 1 saturated heterocycles. The van der Waals surface area contributed by atoms with E-state index < -0.39 is 23.8 Å². The number of amides is 2. The van der Waals surface area contributed by atoms with Gasteiger partial charge < -0.3 is 10.4 Å². The lowest BCUT2D eigenvalue weighted by atomic mass is 10.1. The number of carbonyl (C=O) groups excluding carboxylic acids is 2. The first-order valence-electron chi connectivity index (χ1n) is 5.11. The number of nitrogens with zero attached hydrogens (tertiary/aromatic N) is 1. The van der Waals surface area contributed by atoms with Crippen molar-refractivity contribution in [3.8, 4) is 0 Å². The summed E-state index contributed by atoms with van der Waals surface area (Å²) in [6, 6.07) is 5.14. The number of carbonyl (C=O) groups is 2. The van der Waals surface area contributed by atoms with Gasteiger partial charge in [0.05, 0.1) is 6.10 Å². The number of anilines is 1. The summed E-state index contributed by atoms with van der Waals surface area (Å²) in [4.78, 5) is 26.8. The number of aliphatic hydroxyl groups excluding tert-OH is 1. The Hall–Kier alpha value is -2.15. The first-order chi connectivity index (χ1) is 8.18. The number of hydrazine groups is 1. The molecule has 90 valence electrons. The molecule has 2 amide bonds. The van der Waals surface area contributed by atoms with E-state index in [1.807, 2.05) is 0 Å². The van der Waals surface area contributed by atoms with Crippen LogP contribution >= 0.6 is 0 Å². The second-order valence-corrected chi connectivity index (χ2v) is 3.62. The summed E-state index contributed by atoms with van der Waals surface area (Å²) in [5, 5.41) is 11.8. The molecular weight excluding hydrogens is 224 g/mol. The molecule has 2 atom stereocenters. The summed E-state index contributed by atoms with van der Waals surface area (Å²) in [5.74, 6) is -1.68. The highest BCUT2D eigenvalue weighted by molar-refractivity contribution is 6.02. The Bertz CT molecular complexity index is 423. The van der Waals surface area contributed by atoms with Crippen molar-refractivity contribution in [1.29, 1.82) is 0 Å². The molecule has 0 saturated carbocycles. The minimum absolute atomic E-state index is 0.0977. The van der Waals surface area contributed by atoms with Crippen molar-refractivity contribution in [3.05, 3.63) is 24.4 Å². The Labute approximate surface area is 97.2 Å². The van der Waals surface area contributed by atoms with Crippen LogP contribution in [0.3, 0.4) is 0 Å². The Morgan fingerprint density at radius 3 is 2.94 bits per heavy atom. The van der Waals surface area contributed by atoms with Crippen molar-refractivity contribution in [2.45, 2.75) is 6.10 Å². The van der Waals surface area contributed by atoms with Gasteiger partial charge in [-0.05, 0) is 12.1 Å². The molecule has 7 nitrogen and oxygen atoms in total. The topological polar surface area (TPSA) is 103 Å². The SMILES string of the molecule is O=C1NCC(O)C1C(=O)NNc1ccccn1. The van der Waals surface area contributed by atoms with Crippen LogP contribution in [0, 0.1) is 5.92 Å². The van der Waals surface area contributed by atoms with E-state index in [0.717, 1.165) is 0 Å². The quantitative estimate of drug-likeness (QED) is 0.383. The Kier molecular flexibility index (Phi) is 3.20. The number of hydrogen-bond acceptors (Lipinski definition) is 5. The number of aliphatic hydroxyl groups is 1. The maximum atomic E-state index is 11.6. The van der Waals surface area contributed by atoms with E-state index in [-0.39, 0.29) is 6.54 Å². The van der Waals surface area contributed by atoms with Crippen molar-refractivity contribution in [2.75, 3.05) is 12.0 Å². The van der Waals surface area contributed by atoms with E-state index in [2.05, 4.69) is 21.2 Å². The van der Waals surface area contributed by atoms with Crippen molar-refractivity contribution in [2.24, 2.45) is 5.92 Å². The molecule has 0 radical (unpaired) electrons. The van der Waals surface area contributed by atoms with E-state index in [1.165, 1.54) is 0 Å². The van der Waals surface area contributed by atoms with Gasteiger partial charge in [-0.2, -0.15) is 0 Å². The third-order valence-electron chi connectivity index (χ3n) is 2.41. The van der Waals surface area contributed by atoms with Crippen LogP contribution < -0.4 is 16.2 Å². The minimum atomic E-state index is -1.08. The van der Waals surface area contributed by atoms with E-state index in [4.69, 9.17) is 0 Å². The van der Waals surface area contributed by atoms with Gasteiger partial charge in [-0.3, -0.25) is 20.4 Å². The number of pyridine rings is 1. The molecule has 1 fully saturated rings. The molecule has 0 aromatic carbocycles. The maximum absolute atomic E-state index is 11.6. The number of nitrogens with one attached hydrogen (secondary N) is 3. The van der Waals surface area contributed by atoms with Crippen LogP contribution in [0.4, 0.5) is 5.82 Å². The molecule has 2 unspecified atom stereocenters. The van der Waals surface area contributed by atoms with Gasteiger partial charge in [0.25, 0.3) is 5.91 Å². The van der Waals surface area contributed by atoms with Crippen LogP contribution in [-0.2, 0) is 9.59 Å². The zero-order chi connectivity index (χ0) is 12.3. The van der Waals surface area contributed by atoms with E-state index in [0.29, 0.717) is 5.82 Å². The van der Waals surface area contributed by atoms with Gasteiger partial charge >= 0.3 is 0 Å². The molecule has 0 aliphatic carbocycles. The third-order valence-corrected chi connectivity index (χ3v) is 2.41. The Morgan fingerprint density at radius 1 is 1.53 bits per heavy atom. The average molecular weight is 236 g/mol. The molecule has 0 bridgehead atoms. The summed E-state index contributed by atoms with van der Waals surface area (Å²) in [6.45, 7) is 0.0977. The highest BCUT2D eigenvalue weighted by Crippen LogP contribution is 2.10. The molecule has 1 aliphatic heterocycles. The predicted molar refractivity (Wildman–Crippen MR) is 58.5 cm³/mol. The van der Waals surface area contributed by atoms with Crippen LogP contribution in [-0.4, -0.2) is 34.6 Å². The summed E-state index contributed by atoms with van der Waals surface area (Å²) in [7, 11) is 0. The van der Waals surface area contributed by atoms with Crippen LogP contribution in [0.2, 0.25) is 0 Å². The largest absolute Gasteiger partial charge is 0.390 e. The molecule has 1 aliphatic rings. The van der Waals surface area contributed by atoms with Gasteiger partial charge in [-0.15, -0.1) is 0 Å². The Morgan fingerprint density at radius 2 is 2.35 bits per heavy atom. The highest BCUT2D eigenvalue weighted by atomic mass is 16.3. The van der Waals surface area contributed by atoms with Gasteiger partial charge in [-0.25, -0.2) is 4.98 Å². The first-order valence-corrected chi connectivity index (χ1v) is 5.11. The fraction of sp³-hybridized carbons (Fsp3) is 0.300. The molecule has 2 rings (SSSR count). The fourth-order valence-corrected chi connectivity index (χ4v) is 1.54. The molecule has 17 heavy (non-hydrogen) atoms.